The van der Waals surface area contributed by atoms with Crippen molar-refractivity contribution in [2.75, 3.05) is 19.5 Å². The fraction of sp³-hybridized carbons (Fsp3) is 0.300. The highest BCUT2D eigenvalue weighted by atomic mass is 32.1. The number of ether oxygens (including phenoxy) is 2. The van der Waals surface area contributed by atoms with Gasteiger partial charge in [-0.15, -0.1) is 11.3 Å². The van der Waals surface area contributed by atoms with Crippen LogP contribution >= 0.6 is 11.3 Å². The Morgan fingerprint density at radius 2 is 2.07 bits per heavy atom. The average Bonchev–Trinajstić information content (AvgIpc) is 3.34. The van der Waals surface area contributed by atoms with Gasteiger partial charge in [-0.1, -0.05) is 18.2 Å². The highest BCUT2D eigenvalue weighted by molar-refractivity contribution is 7.09. The van der Waals surface area contributed by atoms with Crippen molar-refractivity contribution in [2.24, 2.45) is 0 Å². The molecule has 142 valence electrons. The molecule has 0 unspecified atom stereocenters. The third-order valence-electron chi connectivity index (χ3n) is 4.20. The van der Waals surface area contributed by atoms with Crippen LogP contribution in [-0.4, -0.2) is 29.9 Å². The predicted octanol–water partition coefficient (Wildman–Crippen LogP) is 3.97. The maximum absolute atomic E-state index is 12.3. The number of anilines is 1. The van der Waals surface area contributed by atoms with Crippen molar-refractivity contribution in [3.63, 3.8) is 0 Å². The molecule has 6 nitrogen and oxygen atoms in total. The molecule has 0 bridgehead atoms. The number of nitrogens with one attached hydrogen (secondary N) is 1. The van der Waals surface area contributed by atoms with Crippen LogP contribution in [0.3, 0.4) is 0 Å². The lowest BCUT2D eigenvalue weighted by Gasteiger charge is -2.14. The zero-order valence-corrected chi connectivity index (χ0v) is 16.3. The molecule has 1 N–H and O–H groups in total. The van der Waals surface area contributed by atoms with Crippen LogP contribution in [0, 0.1) is 0 Å². The van der Waals surface area contributed by atoms with E-state index in [0.29, 0.717) is 30.3 Å². The fourth-order valence-corrected chi connectivity index (χ4v) is 3.64. The quantitative estimate of drug-likeness (QED) is 0.605. The van der Waals surface area contributed by atoms with Gasteiger partial charge in [-0.3, -0.25) is 4.79 Å². The van der Waals surface area contributed by atoms with Gasteiger partial charge in [-0.2, -0.15) is 5.10 Å². The van der Waals surface area contributed by atoms with Gasteiger partial charge in [0.1, 0.15) is 5.82 Å². The molecule has 0 spiro atoms. The molecule has 0 fully saturated rings. The maximum Gasteiger partial charge on any atom is 0.225 e. The summed E-state index contributed by atoms with van der Waals surface area (Å²) in [6.07, 6.45) is 3.90. The molecule has 0 saturated heterocycles. The van der Waals surface area contributed by atoms with Crippen LogP contribution in [0.1, 0.15) is 23.3 Å². The monoisotopic (exact) mass is 385 g/mol. The number of amides is 1. The van der Waals surface area contributed by atoms with Crippen molar-refractivity contribution >= 4 is 23.1 Å². The Bertz CT molecular complexity index is 874. The number of hydrogen-bond donors (Lipinski definition) is 1. The van der Waals surface area contributed by atoms with E-state index in [0.717, 1.165) is 18.4 Å². The summed E-state index contributed by atoms with van der Waals surface area (Å²) >= 11 is 1.72. The van der Waals surface area contributed by atoms with Gasteiger partial charge in [0.2, 0.25) is 5.91 Å². The smallest absolute Gasteiger partial charge is 0.225 e. The number of thiophene rings is 1. The number of benzene rings is 1. The largest absolute Gasteiger partial charge is 0.493 e. The molecule has 2 aromatic heterocycles. The van der Waals surface area contributed by atoms with Crippen LogP contribution in [0.2, 0.25) is 0 Å². The van der Waals surface area contributed by atoms with Crippen molar-refractivity contribution in [3.8, 4) is 11.5 Å². The molecular weight excluding hydrogens is 362 g/mol. The van der Waals surface area contributed by atoms with Gasteiger partial charge in [0.05, 0.1) is 27.0 Å². The molecule has 0 radical (unpaired) electrons. The minimum atomic E-state index is -0.00841. The van der Waals surface area contributed by atoms with Gasteiger partial charge in [0.25, 0.3) is 0 Å². The van der Waals surface area contributed by atoms with E-state index in [9.17, 15) is 4.79 Å². The second kappa shape index (κ2) is 9.23. The summed E-state index contributed by atoms with van der Waals surface area (Å²) in [6, 6.07) is 11.6. The number of carbonyl (C=O) groups is 1. The number of methoxy groups -OCH3 is 2. The fourth-order valence-electron chi connectivity index (χ4n) is 2.89. The molecule has 0 saturated carbocycles. The van der Waals surface area contributed by atoms with Gasteiger partial charge >= 0.3 is 0 Å². The van der Waals surface area contributed by atoms with E-state index in [-0.39, 0.29) is 5.91 Å². The third-order valence-corrected chi connectivity index (χ3v) is 5.13. The standard InChI is InChI=1S/C20H23N3O3S/c1-25-17-9-3-6-15(20(17)26-2)14-23-18(11-12-21-23)22-19(24)10-4-7-16-8-5-13-27-16/h3,5-6,8-9,11-13H,4,7,10,14H2,1-2H3,(H,22,24). The van der Waals surface area contributed by atoms with Crippen molar-refractivity contribution in [3.05, 3.63) is 58.4 Å². The number of aryl methyl sites for hydroxylation is 1. The normalized spacial score (nSPS) is 10.6. The molecule has 3 aromatic rings. The predicted molar refractivity (Wildman–Crippen MR) is 107 cm³/mol. The summed E-state index contributed by atoms with van der Waals surface area (Å²) in [6.45, 7) is 0.470. The second-order valence-corrected chi connectivity index (χ2v) is 7.04. The summed E-state index contributed by atoms with van der Waals surface area (Å²) in [5, 5.41) is 9.33. The summed E-state index contributed by atoms with van der Waals surface area (Å²) in [7, 11) is 3.22. The first-order valence-corrected chi connectivity index (χ1v) is 9.63. The van der Waals surface area contributed by atoms with Gasteiger partial charge < -0.3 is 14.8 Å². The molecule has 1 amide bonds. The zero-order chi connectivity index (χ0) is 19.1. The van der Waals surface area contributed by atoms with Crippen LogP contribution in [-0.2, 0) is 17.8 Å². The topological polar surface area (TPSA) is 65.4 Å². The van der Waals surface area contributed by atoms with E-state index in [1.54, 1.807) is 42.5 Å². The molecule has 0 atom stereocenters. The van der Waals surface area contributed by atoms with Crippen molar-refractivity contribution in [1.29, 1.82) is 0 Å². The molecule has 2 heterocycles. The highest BCUT2D eigenvalue weighted by Crippen LogP contribution is 2.31. The molecule has 0 aliphatic rings. The number of para-hydroxylation sites is 1. The number of aromatic nitrogens is 2. The highest BCUT2D eigenvalue weighted by Gasteiger charge is 2.13. The lowest BCUT2D eigenvalue weighted by atomic mass is 10.2. The second-order valence-electron chi connectivity index (χ2n) is 6.01. The first kappa shape index (κ1) is 19.0. The first-order chi connectivity index (χ1) is 13.2. The Morgan fingerprint density at radius 1 is 1.19 bits per heavy atom. The van der Waals surface area contributed by atoms with Gasteiger partial charge in [0.15, 0.2) is 11.5 Å². The van der Waals surface area contributed by atoms with Crippen LogP contribution < -0.4 is 14.8 Å². The van der Waals surface area contributed by atoms with E-state index in [1.807, 2.05) is 24.3 Å². The molecular formula is C20H23N3O3S. The summed E-state index contributed by atoms with van der Waals surface area (Å²) in [4.78, 5) is 13.6. The Morgan fingerprint density at radius 3 is 2.81 bits per heavy atom. The number of rotatable bonds is 9. The average molecular weight is 385 g/mol. The molecule has 0 aliphatic carbocycles. The van der Waals surface area contributed by atoms with E-state index >= 15 is 0 Å². The number of nitrogens with zero attached hydrogens (tertiary/aromatic N) is 2. The van der Waals surface area contributed by atoms with E-state index in [4.69, 9.17) is 9.47 Å². The Balaban J connectivity index is 1.61. The lowest BCUT2D eigenvalue weighted by Crippen LogP contribution is -2.16. The molecule has 7 heteroatoms. The molecule has 0 aliphatic heterocycles. The minimum absolute atomic E-state index is 0.00841. The van der Waals surface area contributed by atoms with Gasteiger partial charge in [-0.05, 0) is 30.4 Å². The van der Waals surface area contributed by atoms with Crippen molar-refractivity contribution < 1.29 is 14.3 Å². The number of carbonyl (C=O) groups excluding carboxylic acids is 1. The van der Waals surface area contributed by atoms with E-state index in [1.165, 1.54) is 4.88 Å². The Hall–Kier alpha value is -2.80. The van der Waals surface area contributed by atoms with Crippen LogP contribution in [0.25, 0.3) is 0 Å². The third kappa shape index (κ3) is 4.89. The summed E-state index contributed by atoms with van der Waals surface area (Å²) in [5.41, 5.74) is 0.925. The Labute approximate surface area is 162 Å². The minimum Gasteiger partial charge on any atom is -0.493 e. The molecule has 3 rings (SSSR count). The SMILES string of the molecule is COc1cccc(Cn2nccc2NC(=O)CCCc2cccs2)c1OC. The van der Waals surface area contributed by atoms with Gasteiger partial charge in [-0.25, -0.2) is 4.68 Å². The first-order valence-electron chi connectivity index (χ1n) is 8.75. The number of hydrogen-bond acceptors (Lipinski definition) is 5. The van der Waals surface area contributed by atoms with Crippen LogP contribution in [0.4, 0.5) is 5.82 Å². The van der Waals surface area contributed by atoms with E-state index in [2.05, 4.69) is 21.9 Å². The van der Waals surface area contributed by atoms with Crippen molar-refractivity contribution in [1.82, 2.24) is 9.78 Å². The van der Waals surface area contributed by atoms with Crippen molar-refractivity contribution in [2.45, 2.75) is 25.8 Å². The summed E-state index contributed by atoms with van der Waals surface area (Å²) in [5.74, 6) is 2.00. The zero-order valence-electron chi connectivity index (χ0n) is 15.5. The maximum atomic E-state index is 12.3. The van der Waals surface area contributed by atoms with Crippen LogP contribution in [0.5, 0.6) is 11.5 Å². The van der Waals surface area contributed by atoms with E-state index < -0.39 is 0 Å². The molecule has 27 heavy (non-hydrogen) atoms. The summed E-state index contributed by atoms with van der Waals surface area (Å²) < 4.78 is 12.6. The Kier molecular flexibility index (Phi) is 6.49. The van der Waals surface area contributed by atoms with Crippen LogP contribution in [0.15, 0.2) is 48.0 Å². The van der Waals surface area contributed by atoms with Gasteiger partial charge in [0, 0.05) is 22.9 Å². The lowest BCUT2D eigenvalue weighted by molar-refractivity contribution is -0.116. The molecule has 1 aromatic carbocycles.